The largest absolute Gasteiger partial charge is 0.492 e. The third-order valence-electron chi connectivity index (χ3n) is 7.29. The molecule has 1 saturated heterocycles. The van der Waals surface area contributed by atoms with Gasteiger partial charge in [0.15, 0.2) is 11.6 Å². The van der Waals surface area contributed by atoms with Gasteiger partial charge in [-0.2, -0.15) is 0 Å². The van der Waals surface area contributed by atoms with Gasteiger partial charge < -0.3 is 15.0 Å². The summed E-state index contributed by atoms with van der Waals surface area (Å²) in [7, 11) is 1.54. The molecule has 0 bridgehead atoms. The summed E-state index contributed by atoms with van der Waals surface area (Å²) >= 11 is 1.19. The van der Waals surface area contributed by atoms with Gasteiger partial charge in [0.25, 0.3) is 11.1 Å². The van der Waals surface area contributed by atoms with Crippen LogP contribution in [0, 0.1) is 17.7 Å². The van der Waals surface area contributed by atoms with E-state index in [-0.39, 0.29) is 11.3 Å². The molecule has 0 unspecified atom stereocenters. The van der Waals surface area contributed by atoms with Crippen molar-refractivity contribution in [2.45, 2.75) is 44.6 Å². The van der Waals surface area contributed by atoms with Crippen molar-refractivity contribution in [3.8, 4) is 5.75 Å². The van der Waals surface area contributed by atoms with Crippen LogP contribution in [0.5, 0.6) is 5.75 Å². The van der Waals surface area contributed by atoms with Crippen molar-refractivity contribution in [2.75, 3.05) is 31.6 Å². The fourth-order valence-electron chi connectivity index (χ4n) is 5.22. The van der Waals surface area contributed by atoms with Crippen LogP contribution < -0.4 is 26.1 Å². The van der Waals surface area contributed by atoms with Crippen molar-refractivity contribution in [2.24, 2.45) is 11.8 Å². The van der Waals surface area contributed by atoms with Crippen molar-refractivity contribution in [1.29, 1.82) is 0 Å². The second-order valence-corrected chi connectivity index (χ2v) is 10.4. The van der Waals surface area contributed by atoms with Crippen molar-refractivity contribution < 1.29 is 9.13 Å². The van der Waals surface area contributed by atoms with Crippen LogP contribution >= 0.6 is 11.5 Å². The van der Waals surface area contributed by atoms with E-state index < -0.39 is 16.9 Å². The van der Waals surface area contributed by atoms with Gasteiger partial charge >= 0.3 is 0 Å². The van der Waals surface area contributed by atoms with E-state index in [4.69, 9.17) is 4.74 Å². The first-order valence-corrected chi connectivity index (χ1v) is 12.2. The van der Waals surface area contributed by atoms with Gasteiger partial charge in [-0.1, -0.05) is 18.5 Å². The van der Waals surface area contributed by atoms with Crippen LogP contribution in [0.4, 0.5) is 10.1 Å². The second kappa shape index (κ2) is 7.31. The van der Waals surface area contributed by atoms with E-state index >= 15 is 4.39 Å². The van der Waals surface area contributed by atoms with Crippen molar-refractivity contribution in [3.63, 3.8) is 0 Å². The number of halogens is 1. The highest BCUT2D eigenvalue weighted by Gasteiger charge is 2.37. The maximum absolute atomic E-state index is 15.6. The van der Waals surface area contributed by atoms with Crippen molar-refractivity contribution >= 4 is 32.8 Å². The molecule has 9 heteroatoms. The molecule has 0 amide bonds. The lowest BCUT2D eigenvalue weighted by molar-refractivity contribution is 0.412. The van der Waals surface area contributed by atoms with Crippen LogP contribution in [-0.4, -0.2) is 41.6 Å². The van der Waals surface area contributed by atoms with Crippen LogP contribution in [0.25, 0.3) is 15.6 Å². The normalized spacial score (nSPS) is 23.5. The lowest BCUT2D eigenvalue weighted by Gasteiger charge is -2.24. The predicted octanol–water partition coefficient (Wildman–Crippen LogP) is 3.05. The Morgan fingerprint density at radius 1 is 1.25 bits per heavy atom. The van der Waals surface area contributed by atoms with Crippen LogP contribution in [0.2, 0.25) is 0 Å². The molecule has 2 atom stereocenters. The predicted molar refractivity (Wildman–Crippen MR) is 124 cm³/mol. The molecule has 0 spiro atoms. The van der Waals surface area contributed by atoms with Crippen LogP contribution in [-0.2, 0) is 0 Å². The topological polar surface area (TPSA) is 78.8 Å². The Kier molecular flexibility index (Phi) is 4.62. The highest BCUT2D eigenvalue weighted by atomic mass is 32.1. The molecule has 4 heterocycles. The number of H-pyrrole nitrogens is 1. The number of nitrogens with one attached hydrogen (secondary N) is 2. The smallest absolute Gasteiger partial charge is 0.271 e. The summed E-state index contributed by atoms with van der Waals surface area (Å²) in [6.45, 7) is 4.63. The number of methoxy groups -OCH3 is 1. The zero-order chi connectivity index (χ0) is 22.1. The molecule has 3 aromatic heterocycles. The number of hydrogen-bond donors (Lipinski definition) is 2. The number of ether oxygens (including phenoxy) is 1. The number of rotatable bonds is 6. The third kappa shape index (κ3) is 3.08. The molecular formula is C23H27FN4O3S. The van der Waals surface area contributed by atoms with E-state index in [1.165, 1.54) is 42.1 Å². The minimum absolute atomic E-state index is 0.115. The Bertz CT molecular complexity index is 1340. The molecule has 32 heavy (non-hydrogen) atoms. The van der Waals surface area contributed by atoms with Gasteiger partial charge in [-0.25, -0.2) is 4.39 Å². The number of aromatic nitrogens is 2. The highest BCUT2D eigenvalue weighted by Crippen LogP contribution is 2.49. The quantitative estimate of drug-likeness (QED) is 0.594. The molecule has 2 saturated carbocycles. The van der Waals surface area contributed by atoms with Gasteiger partial charge in [0.2, 0.25) is 0 Å². The van der Waals surface area contributed by atoms with Crippen molar-refractivity contribution in [1.82, 2.24) is 14.1 Å². The number of anilines is 1. The maximum Gasteiger partial charge on any atom is 0.271 e. The number of hydrogen-bond acceptors (Lipinski definition) is 6. The Morgan fingerprint density at radius 3 is 2.72 bits per heavy atom. The molecule has 170 valence electrons. The summed E-state index contributed by atoms with van der Waals surface area (Å²) in [5, 5.41) is 3.72. The molecule has 1 aliphatic heterocycles. The van der Waals surface area contributed by atoms with Gasteiger partial charge in [0.1, 0.15) is 11.1 Å². The van der Waals surface area contributed by atoms with Gasteiger partial charge in [0, 0.05) is 31.2 Å². The number of aromatic amines is 1. The highest BCUT2D eigenvalue weighted by molar-refractivity contribution is 7.13. The monoisotopic (exact) mass is 458 g/mol. The molecule has 3 aliphatic rings. The Balaban J connectivity index is 1.53. The molecular weight excluding hydrogens is 431 g/mol. The average Bonchev–Trinajstić information content (AvgIpc) is 3.69. The molecule has 2 N–H and O–H groups in total. The molecule has 0 aromatic carbocycles. The lowest BCUT2D eigenvalue weighted by atomic mass is 9.98. The van der Waals surface area contributed by atoms with E-state index in [0.717, 1.165) is 38.0 Å². The van der Waals surface area contributed by atoms with E-state index in [9.17, 15) is 9.59 Å². The lowest BCUT2D eigenvalue weighted by Crippen LogP contribution is -2.29. The first-order valence-electron chi connectivity index (χ1n) is 11.4. The second-order valence-electron chi connectivity index (χ2n) is 9.63. The summed E-state index contributed by atoms with van der Waals surface area (Å²) < 4.78 is 26.1. The van der Waals surface area contributed by atoms with Gasteiger partial charge in [-0.15, -0.1) is 0 Å². The third-order valence-corrected chi connectivity index (χ3v) is 8.21. The van der Waals surface area contributed by atoms with Gasteiger partial charge in [-0.3, -0.25) is 18.4 Å². The van der Waals surface area contributed by atoms with Crippen LogP contribution in [0.1, 0.15) is 44.1 Å². The molecule has 3 aromatic rings. The fraction of sp³-hybridized carbons (Fsp3) is 0.565. The SMILES string of the molecule is COc1c(N2C[C@H](CNC3CC3)[C@@H](C)C2)c(F)cn2c(=O)c3c(=O)[nH]sc3c(C3CC3)c12. The van der Waals surface area contributed by atoms with Crippen LogP contribution in [0.3, 0.4) is 0 Å². The van der Waals surface area contributed by atoms with Crippen LogP contribution in [0.15, 0.2) is 15.8 Å². The van der Waals surface area contributed by atoms with Gasteiger partial charge in [0.05, 0.1) is 23.5 Å². The standard InChI is InChI=1S/C23H27FN4O3S/c1-11-8-27(9-13(11)7-25-14-5-6-14)18-15(24)10-28-19(20(18)31-2)16(12-3-4-12)21-17(23(28)30)22(29)26-32-21/h10-14,25H,3-9H2,1-2H3,(H,26,29)/t11-,13-/m0/s1. The molecule has 6 rings (SSSR count). The minimum atomic E-state index is -0.494. The summed E-state index contributed by atoms with van der Waals surface area (Å²) in [5.74, 6) is 1.00. The number of fused-ring (bicyclic) bond motifs is 2. The van der Waals surface area contributed by atoms with E-state index in [1.54, 1.807) is 0 Å². The van der Waals surface area contributed by atoms with E-state index in [0.29, 0.717) is 39.5 Å². The van der Waals surface area contributed by atoms with Gasteiger partial charge in [-0.05, 0) is 43.4 Å². The molecule has 3 fully saturated rings. The van der Waals surface area contributed by atoms with Crippen molar-refractivity contribution in [3.05, 3.63) is 38.3 Å². The molecule has 7 nitrogen and oxygen atoms in total. The summed E-state index contributed by atoms with van der Waals surface area (Å²) in [4.78, 5) is 27.6. The van der Waals surface area contributed by atoms with E-state index in [2.05, 4.69) is 21.5 Å². The Labute approximate surface area is 188 Å². The summed E-state index contributed by atoms with van der Waals surface area (Å²) in [6, 6.07) is 0.645. The zero-order valence-corrected chi connectivity index (χ0v) is 19.1. The van der Waals surface area contributed by atoms with E-state index in [1.807, 2.05) is 0 Å². The number of nitrogens with zero attached hydrogens (tertiary/aromatic N) is 2. The molecule has 0 radical (unpaired) electrons. The summed E-state index contributed by atoms with van der Waals surface area (Å²) in [5.41, 5.74) is 1.06. The number of pyridine rings is 2. The first-order chi connectivity index (χ1) is 15.5. The Morgan fingerprint density at radius 2 is 2.03 bits per heavy atom. The molecule has 2 aliphatic carbocycles. The Hall–Kier alpha value is -2.39. The fourth-order valence-corrected chi connectivity index (χ4v) is 6.17. The average molecular weight is 459 g/mol. The zero-order valence-electron chi connectivity index (χ0n) is 18.2. The maximum atomic E-state index is 15.6. The summed E-state index contributed by atoms with van der Waals surface area (Å²) in [6.07, 6.45) is 5.71. The first kappa shape index (κ1) is 20.2. The minimum Gasteiger partial charge on any atom is -0.492 e.